The second-order valence-electron chi connectivity index (χ2n) is 8.82. The van der Waals surface area contributed by atoms with Crippen LogP contribution in [0.4, 0.5) is 27.4 Å². The summed E-state index contributed by atoms with van der Waals surface area (Å²) in [6.45, 7) is 7.24. The summed E-state index contributed by atoms with van der Waals surface area (Å²) in [6.07, 6.45) is 6.75. The molecule has 0 radical (unpaired) electrons. The molecule has 3 N–H and O–H groups in total. The van der Waals surface area contributed by atoms with Crippen LogP contribution in [0.25, 0.3) is 16.7 Å². The zero-order valence-corrected chi connectivity index (χ0v) is 20.9. The smallest absolute Gasteiger partial charge is 0.283 e. The summed E-state index contributed by atoms with van der Waals surface area (Å²) in [4.78, 5) is 45.0. The van der Waals surface area contributed by atoms with Gasteiger partial charge in [-0.05, 0) is 30.3 Å². The predicted molar refractivity (Wildman–Crippen MR) is 145 cm³/mol. The summed E-state index contributed by atoms with van der Waals surface area (Å²) >= 11 is 0. The zero-order chi connectivity index (χ0) is 27.4. The lowest BCUT2D eigenvalue weighted by Gasteiger charge is -2.35. The van der Waals surface area contributed by atoms with E-state index in [1.807, 2.05) is 6.07 Å². The van der Waals surface area contributed by atoms with Crippen LogP contribution in [0.1, 0.15) is 0 Å². The second-order valence-corrected chi connectivity index (χ2v) is 8.82. The third-order valence-electron chi connectivity index (χ3n) is 6.33. The number of anilines is 4. The van der Waals surface area contributed by atoms with E-state index in [-0.39, 0.29) is 29.3 Å². The van der Waals surface area contributed by atoms with Crippen LogP contribution in [-0.4, -0.2) is 79.7 Å². The molecular formula is C26H26FN9O3. The van der Waals surface area contributed by atoms with E-state index in [9.17, 15) is 9.59 Å². The van der Waals surface area contributed by atoms with E-state index in [2.05, 4.69) is 46.9 Å². The number of fused-ring (bicyclic) bond motifs is 1. The number of carbonyl (C=O) groups excluding carboxylic acids is 1. The van der Waals surface area contributed by atoms with Crippen molar-refractivity contribution in [2.45, 2.75) is 0 Å². The number of nitrogens with zero attached hydrogens (tertiary/aromatic N) is 7. The van der Waals surface area contributed by atoms with Crippen molar-refractivity contribution in [1.29, 1.82) is 0 Å². The van der Waals surface area contributed by atoms with Crippen molar-refractivity contribution in [3.63, 3.8) is 0 Å². The highest BCUT2D eigenvalue weighted by Crippen LogP contribution is 2.25. The second kappa shape index (κ2) is 11.3. The van der Waals surface area contributed by atoms with Crippen LogP contribution in [0.5, 0.6) is 0 Å². The molecule has 0 aliphatic carbocycles. The van der Waals surface area contributed by atoms with Gasteiger partial charge in [0.25, 0.3) is 5.56 Å². The van der Waals surface area contributed by atoms with Gasteiger partial charge in [-0.2, -0.15) is 9.97 Å². The van der Waals surface area contributed by atoms with Gasteiger partial charge in [0.1, 0.15) is 17.5 Å². The number of aliphatic hydroxyl groups is 1. The Balaban J connectivity index is 1.41. The molecule has 0 bridgehead atoms. The van der Waals surface area contributed by atoms with E-state index in [0.717, 1.165) is 37.9 Å². The molecule has 4 heterocycles. The fourth-order valence-electron chi connectivity index (χ4n) is 4.31. The highest BCUT2D eigenvalue weighted by molar-refractivity contribution is 5.98. The maximum atomic E-state index is 15.1. The van der Waals surface area contributed by atoms with E-state index in [1.54, 1.807) is 12.1 Å². The van der Waals surface area contributed by atoms with Gasteiger partial charge in [-0.15, -0.1) is 0 Å². The summed E-state index contributed by atoms with van der Waals surface area (Å²) < 4.78 is 16.6. The summed E-state index contributed by atoms with van der Waals surface area (Å²) in [7, 11) is 0. The van der Waals surface area contributed by atoms with Gasteiger partial charge in [0.2, 0.25) is 11.9 Å². The number of rotatable bonds is 8. The molecule has 1 amide bonds. The molecule has 5 rings (SSSR count). The zero-order valence-electron chi connectivity index (χ0n) is 20.9. The van der Waals surface area contributed by atoms with Crippen molar-refractivity contribution in [2.75, 3.05) is 54.9 Å². The SMILES string of the molecule is C=CC(=O)Nc1cncc(-n2cnc(=O)c3cnc(Nc4ccc(N5CCN(CCO)CC5)cc4F)nc32)c1. The van der Waals surface area contributed by atoms with E-state index in [0.29, 0.717) is 17.9 Å². The largest absolute Gasteiger partial charge is 0.395 e. The minimum absolute atomic E-state index is 0.0789. The Bertz CT molecular complexity index is 1580. The van der Waals surface area contributed by atoms with Gasteiger partial charge >= 0.3 is 0 Å². The topological polar surface area (TPSA) is 141 Å². The van der Waals surface area contributed by atoms with Crippen LogP contribution in [0.3, 0.4) is 0 Å². The van der Waals surface area contributed by atoms with Crippen molar-refractivity contribution in [3.05, 3.63) is 78.0 Å². The first kappa shape index (κ1) is 25.9. The molecule has 0 atom stereocenters. The Morgan fingerprint density at radius 1 is 1.10 bits per heavy atom. The Kier molecular flexibility index (Phi) is 7.52. The minimum atomic E-state index is -0.522. The number of β-amino-alcohol motifs (C(OH)–C–C–N with tert-alkyl or cyclic N) is 1. The average Bonchev–Trinajstić information content (AvgIpc) is 2.95. The van der Waals surface area contributed by atoms with Crippen molar-refractivity contribution >= 4 is 40.0 Å². The number of halogens is 1. The molecule has 0 spiro atoms. The van der Waals surface area contributed by atoms with Crippen molar-refractivity contribution in [2.24, 2.45) is 0 Å². The number of hydrogen-bond acceptors (Lipinski definition) is 10. The van der Waals surface area contributed by atoms with Crippen molar-refractivity contribution < 1.29 is 14.3 Å². The predicted octanol–water partition coefficient (Wildman–Crippen LogP) is 1.69. The maximum Gasteiger partial charge on any atom is 0.283 e. The first-order valence-electron chi connectivity index (χ1n) is 12.2. The van der Waals surface area contributed by atoms with Crippen LogP contribution < -0.4 is 21.1 Å². The van der Waals surface area contributed by atoms with Gasteiger partial charge in [-0.1, -0.05) is 6.58 Å². The number of hydrogen-bond donors (Lipinski definition) is 3. The molecular weight excluding hydrogens is 505 g/mol. The number of nitrogens with one attached hydrogen (secondary N) is 2. The molecule has 12 nitrogen and oxygen atoms in total. The third-order valence-corrected chi connectivity index (χ3v) is 6.33. The summed E-state index contributed by atoms with van der Waals surface area (Å²) in [5, 5.41) is 14.8. The Morgan fingerprint density at radius 2 is 1.92 bits per heavy atom. The summed E-state index contributed by atoms with van der Waals surface area (Å²) in [5.74, 6) is -0.797. The number of benzene rings is 1. The van der Waals surface area contributed by atoms with E-state index in [1.165, 1.54) is 35.6 Å². The number of pyridine rings is 1. The van der Waals surface area contributed by atoms with E-state index >= 15 is 4.39 Å². The van der Waals surface area contributed by atoms with Gasteiger partial charge in [-0.3, -0.25) is 24.0 Å². The molecule has 200 valence electrons. The van der Waals surface area contributed by atoms with Gasteiger partial charge in [0.05, 0.1) is 36.1 Å². The summed E-state index contributed by atoms with van der Waals surface area (Å²) in [6, 6.07) is 6.53. The molecule has 0 unspecified atom stereocenters. The number of amides is 1. The Hall–Kier alpha value is -4.75. The molecule has 39 heavy (non-hydrogen) atoms. The van der Waals surface area contributed by atoms with Gasteiger partial charge in [0, 0.05) is 44.6 Å². The van der Waals surface area contributed by atoms with Crippen LogP contribution >= 0.6 is 0 Å². The summed E-state index contributed by atoms with van der Waals surface area (Å²) in [5.41, 5.74) is 1.53. The number of aliphatic hydroxyl groups excluding tert-OH is 1. The molecule has 1 aromatic carbocycles. The first-order valence-corrected chi connectivity index (χ1v) is 12.2. The Labute approximate surface area is 222 Å². The van der Waals surface area contributed by atoms with Crippen LogP contribution in [0.15, 0.2) is 66.6 Å². The van der Waals surface area contributed by atoms with Crippen molar-refractivity contribution in [1.82, 2.24) is 29.4 Å². The quantitative estimate of drug-likeness (QED) is 0.288. The van der Waals surface area contributed by atoms with Crippen LogP contribution in [-0.2, 0) is 4.79 Å². The van der Waals surface area contributed by atoms with E-state index in [4.69, 9.17) is 5.11 Å². The Morgan fingerprint density at radius 3 is 2.67 bits per heavy atom. The minimum Gasteiger partial charge on any atom is -0.395 e. The van der Waals surface area contributed by atoms with Gasteiger partial charge in [-0.25, -0.2) is 9.37 Å². The number of carbonyl (C=O) groups is 1. The molecule has 4 aromatic rings. The lowest BCUT2D eigenvalue weighted by Crippen LogP contribution is -2.47. The molecule has 3 aromatic heterocycles. The first-order chi connectivity index (χ1) is 18.9. The fraction of sp³-hybridized carbons (Fsp3) is 0.231. The molecule has 1 aliphatic heterocycles. The van der Waals surface area contributed by atoms with Crippen molar-refractivity contribution in [3.8, 4) is 5.69 Å². The lowest BCUT2D eigenvalue weighted by molar-refractivity contribution is -0.111. The standard InChI is InChI=1S/C26H26FN9O3/c1-2-23(38)31-17-11-19(14-28-13-17)36-16-30-25(39)20-15-29-26(33-24(20)36)32-22-4-3-18(12-21(22)27)35-7-5-34(6-8-35)9-10-37/h2-4,11-16,37H,1,5-10H2,(H,31,38)(H,29,32,33). The maximum absolute atomic E-state index is 15.1. The molecule has 1 fully saturated rings. The molecule has 13 heteroatoms. The van der Waals surface area contributed by atoms with Gasteiger partial charge in [0.15, 0.2) is 5.65 Å². The average molecular weight is 532 g/mol. The monoisotopic (exact) mass is 531 g/mol. The van der Waals surface area contributed by atoms with Crippen LogP contribution in [0, 0.1) is 5.82 Å². The highest BCUT2D eigenvalue weighted by atomic mass is 19.1. The lowest BCUT2D eigenvalue weighted by atomic mass is 10.2. The highest BCUT2D eigenvalue weighted by Gasteiger charge is 2.18. The molecule has 0 saturated carbocycles. The fourth-order valence-corrected chi connectivity index (χ4v) is 4.31. The van der Waals surface area contributed by atoms with E-state index < -0.39 is 17.3 Å². The number of piperazine rings is 1. The van der Waals surface area contributed by atoms with Gasteiger partial charge < -0.3 is 20.6 Å². The van der Waals surface area contributed by atoms with Crippen LogP contribution in [0.2, 0.25) is 0 Å². The molecule has 1 saturated heterocycles. The normalized spacial score (nSPS) is 13.8. The molecule has 1 aliphatic rings. The third kappa shape index (κ3) is 5.73. The number of aromatic nitrogens is 5.